The van der Waals surface area contributed by atoms with Gasteiger partial charge in [-0.2, -0.15) is 5.21 Å². The van der Waals surface area contributed by atoms with Gasteiger partial charge in [0.25, 0.3) is 5.91 Å². The molecule has 33 heavy (non-hydrogen) atoms. The van der Waals surface area contributed by atoms with Gasteiger partial charge in [-0.3, -0.25) is 4.79 Å². The Hall–Kier alpha value is -3.44. The lowest BCUT2D eigenvalue weighted by Crippen LogP contribution is -2.15. The van der Waals surface area contributed by atoms with Gasteiger partial charge in [0.05, 0.1) is 27.5 Å². The number of pyridine rings is 1. The van der Waals surface area contributed by atoms with Crippen LogP contribution in [-0.2, 0) is 0 Å². The lowest BCUT2D eigenvalue weighted by Gasteiger charge is -2.14. The number of amides is 1. The van der Waals surface area contributed by atoms with Crippen molar-refractivity contribution >= 4 is 56.7 Å². The second-order valence-electron chi connectivity index (χ2n) is 7.06. The number of tetrazole rings is 1. The van der Waals surface area contributed by atoms with Gasteiger partial charge in [-0.25, -0.2) is 9.37 Å². The van der Waals surface area contributed by atoms with E-state index in [1.54, 1.807) is 6.07 Å². The van der Waals surface area contributed by atoms with Gasteiger partial charge in [-0.15, -0.1) is 10.2 Å². The maximum absolute atomic E-state index is 14.8. The Morgan fingerprint density at radius 1 is 1.03 bits per heavy atom. The summed E-state index contributed by atoms with van der Waals surface area (Å²) in [6.45, 7) is 0. The van der Waals surface area contributed by atoms with Crippen LogP contribution in [0.3, 0.4) is 0 Å². The number of benzene rings is 3. The number of aromatic nitrogens is 5. The van der Waals surface area contributed by atoms with Gasteiger partial charge in [0.15, 0.2) is 0 Å². The Morgan fingerprint density at radius 3 is 2.58 bits per heavy atom. The summed E-state index contributed by atoms with van der Waals surface area (Å²) in [5, 5.41) is 16.9. The molecule has 0 saturated heterocycles. The van der Waals surface area contributed by atoms with Gasteiger partial charge < -0.3 is 5.32 Å². The molecule has 0 aliphatic rings. The van der Waals surface area contributed by atoms with Crippen LogP contribution in [-0.4, -0.2) is 31.5 Å². The molecule has 0 aliphatic carbocycles. The molecule has 7 nitrogen and oxygen atoms in total. The van der Waals surface area contributed by atoms with Gasteiger partial charge in [0.1, 0.15) is 5.82 Å². The predicted octanol–water partition coefficient (Wildman–Crippen LogP) is 5.73. The van der Waals surface area contributed by atoms with Gasteiger partial charge in [-0.1, -0.05) is 41.9 Å². The van der Waals surface area contributed by atoms with E-state index in [1.165, 1.54) is 12.1 Å². The lowest BCUT2D eigenvalue weighted by atomic mass is 10.0. The number of nitrogens with zero attached hydrogens (tertiary/aromatic N) is 4. The van der Waals surface area contributed by atoms with Gasteiger partial charge in [0.2, 0.25) is 5.82 Å². The largest absolute Gasteiger partial charge is 0.319 e. The summed E-state index contributed by atoms with van der Waals surface area (Å²) in [5.41, 5.74) is 2.50. The summed E-state index contributed by atoms with van der Waals surface area (Å²) in [4.78, 5) is 18.1. The molecule has 0 unspecified atom stereocenters. The number of nitrogens with one attached hydrogen (secondary N) is 2. The van der Waals surface area contributed by atoms with Crippen LogP contribution in [0.15, 0.2) is 66.7 Å². The van der Waals surface area contributed by atoms with Gasteiger partial charge in [0, 0.05) is 20.1 Å². The molecule has 2 N–H and O–H groups in total. The third-order valence-electron chi connectivity index (χ3n) is 4.98. The average molecular weight is 571 g/mol. The summed E-state index contributed by atoms with van der Waals surface area (Å²) >= 11 is 8.88. The first kappa shape index (κ1) is 21.4. The van der Waals surface area contributed by atoms with E-state index in [2.05, 4.69) is 53.5 Å². The molecule has 2 heterocycles. The molecule has 10 heteroatoms. The third-order valence-corrected chi connectivity index (χ3v) is 6.02. The third kappa shape index (κ3) is 4.16. The second-order valence-corrected chi connectivity index (χ2v) is 8.68. The second kappa shape index (κ2) is 8.83. The molecule has 5 rings (SSSR count). The molecule has 0 saturated carbocycles. The van der Waals surface area contributed by atoms with E-state index >= 15 is 0 Å². The molecule has 5 aromatic rings. The zero-order valence-corrected chi connectivity index (χ0v) is 19.6. The monoisotopic (exact) mass is 570 g/mol. The van der Waals surface area contributed by atoms with E-state index < -0.39 is 11.7 Å². The Bertz CT molecular complexity index is 1490. The van der Waals surface area contributed by atoms with Crippen LogP contribution in [0.4, 0.5) is 10.1 Å². The van der Waals surface area contributed by atoms with Crippen molar-refractivity contribution in [3.63, 3.8) is 0 Å². The van der Waals surface area contributed by atoms with Gasteiger partial charge >= 0.3 is 0 Å². The highest BCUT2D eigenvalue weighted by atomic mass is 127. The standard InChI is InChI=1S/C23H13ClFIN6O/c24-20-19(23(33)28-18-8-6-13(10-16(18)25)22-29-31-32-30-22)15-11-14(26)7-9-17(15)27-21(20)12-4-2-1-3-5-12/h1-11H,(H,28,33)(H,29,30,31,32). The summed E-state index contributed by atoms with van der Waals surface area (Å²) in [5.74, 6) is -0.937. The minimum absolute atomic E-state index is 0.000151. The topological polar surface area (TPSA) is 96.5 Å². The zero-order chi connectivity index (χ0) is 22.9. The highest BCUT2D eigenvalue weighted by molar-refractivity contribution is 14.1. The van der Waals surface area contributed by atoms with Crippen molar-refractivity contribution in [2.24, 2.45) is 0 Å². The Kier molecular flexibility index (Phi) is 5.73. The number of hydrogen-bond acceptors (Lipinski definition) is 5. The van der Waals surface area contributed by atoms with Crippen LogP contribution in [0, 0.1) is 9.39 Å². The smallest absolute Gasteiger partial charge is 0.258 e. The molecule has 2 aromatic heterocycles. The first-order valence-corrected chi connectivity index (χ1v) is 11.2. The predicted molar refractivity (Wildman–Crippen MR) is 132 cm³/mol. The molecule has 0 spiro atoms. The molecular formula is C23H13ClFIN6O. The maximum atomic E-state index is 14.8. The number of aromatic amines is 1. The molecule has 0 atom stereocenters. The number of carbonyl (C=O) groups is 1. The minimum atomic E-state index is -0.641. The number of H-pyrrole nitrogens is 1. The number of carbonyl (C=O) groups excluding carboxylic acids is 1. The average Bonchev–Trinajstić information content (AvgIpc) is 3.35. The molecule has 0 radical (unpaired) electrons. The van der Waals surface area contributed by atoms with Crippen LogP contribution in [0.2, 0.25) is 5.02 Å². The molecular weight excluding hydrogens is 558 g/mol. The van der Waals surface area contributed by atoms with Gasteiger partial charge in [-0.05, 0) is 64.2 Å². The number of rotatable bonds is 4. The molecule has 162 valence electrons. The fraction of sp³-hybridized carbons (Fsp3) is 0. The normalized spacial score (nSPS) is 11.0. The van der Waals surface area contributed by atoms with Crippen LogP contribution in [0.25, 0.3) is 33.5 Å². The molecule has 0 fully saturated rings. The number of anilines is 1. The molecule has 0 bridgehead atoms. The van der Waals surface area contributed by atoms with Crippen molar-refractivity contribution in [3.05, 3.63) is 86.7 Å². The Labute approximate surface area is 205 Å². The van der Waals surface area contributed by atoms with Crippen LogP contribution < -0.4 is 5.32 Å². The first-order chi connectivity index (χ1) is 16.0. The Morgan fingerprint density at radius 2 is 1.85 bits per heavy atom. The van der Waals surface area contributed by atoms with E-state index in [1.807, 2.05) is 48.5 Å². The number of halogens is 3. The zero-order valence-electron chi connectivity index (χ0n) is 16.7. The molecule has 0 aliphatic heterocycles. The van der Waals surface area contributed by atoms with Crippen molar-refractivity contribution in [1.29, 1.82) is 0 Å². The number of hydrogen-bond donors (Lipinski definition) is 2. The minimum Gasteiger partial charge on any atom is -0.319 e. The lowest BCUT2D eigenvalue weighted by molar-refractivity contribution is 0.102. The highest BCUT2D eigenvalue weighted by Crippen LogP contribution is 2.35. The van der Waals surface area contributed by atoms with Crippen molar-refractivity contribution in [2.75, 3.05) is 5.32 Å². The fourth-order valence-corrected chi connectivity index (χ4v) is 4.28. The van der Waals surface area contributed by atoms with Crippen LogP contribution in [0.1, 0.15) is 10.4 Å². The van der Waals surface area contributed by atoms with Crippen LogP contribution >= 0.6 is 34.2 Å². The maximum Gasteiger partial charge on any atom is 0.258 e. The quantitative estimate of drug-likeness (QED) is 0.269. The fourth-order valence-electron chi connectivity index (χ4n) is 3.45. The van der Waals surface area contributed by atoms with E-state index in [0.29, 0.717) is 22.2 Å². The van der Waals surface area contributed by atoms with Crippen molar-refractivity contribution in [1.82, 2.24) is 25.6 Å². The van der Waals surface area contributed by atoms with Crippen LogP contribution in [0.5, 0.6) is 0 Å². The van der Waals surface area contributed by atoms with Crippen molar-refractivity contribution in [2.45, 2.75) is 0 Å². The highest BCUT2D eigenvalue weighted by Gasteiger charge is 2.22. The van der Waals surface area contributed by atoms with E-state index in [9.17, 15) is 9.18 Å². The van der Waals surface area contributed by atoms with E-state index in [0.717, 1.165) is 9.13 Å². The summed E-state index contributed by atoms with van der Waals surface area (Å²) in [6, 6.07) is 19.2. The first-order valence-electron chi connectivity index (χ1n) is 9.70. The van der Waals surface area contributed by atoms with Crippen molar-refractivity contribution in [3.8, 4) is 22.6 Å². The summed E-state index contributed by atoms with van der Waals surface area (Å²) in [7, 11) is 0. The molecule has 1 amide bonds. The SMILES string of the molecule is O=C(Nc1ccc(-c2nn[nH]n2)cc1F)c1c(Cl)c(-c2ccccc2)nc2ccc(I)cc12. The van der Waals surface area contributed by atoms with Crippen molar-refractivity contribution < 1.29 is 9.18 Å². The number of fused-ring (bicyclic) bond motifs is 1. The molecule has 3 aromatic carbocycles. The van der Waals surface area contributed by atoms with E-state index in [-0.39, 0.29) is 22.1 Å². The van der Waals surface area contributed by atoms with E-state index in [4.69, 9.17) is 11.6 Å². The summed E-state index contributed by atoms with van der Waals surface area (Å²) in [6.07, 6.45) is 0. The summed E-state index contributed by atoms with van der Waals surface area (Å²) < 4.78 is 15.7. The Balaban J connectivity index is 1.59.